The summed E-state index contributed by atoms with van der Waals surface area (Å²) in [5.41, 5.74) is 3.36. The predicted molar refractivity (Wildman–Crippen MR) is 119 cm³/mol. The number of carbonyl (C=O) groups excluding carboxylic acids is 2. The molecular weight excluding hydrogens is 374 g/mol. The van der Waals surface area contributed by atoms with Gasteiger partial charge in [-0.05, 0) is 43.4 Å². The molecular formula is C25H29N3O2. The van der Waals surface area contributed by atoms with Gasteiger partial charge in [-0.3, -0.25) is 9.59 Å². The first-order valence-electron chi connectivity index (χ1n) is 10.8. The number of aromatic amines is 1. The molecule has 2 N–H and O–H groups in total. The maximum atomic E-state index is 12.8. The molecule has 156 valence electrons. The summed E-state index contributed by atoms with van der Waals surface area (Å²) >= 11 is 0. The van der Waals surface area contributed by atoms with E-state index in [0.29, 0.717) is 19.4 Å². The molecule has 2 unspecified atom stereocenters. The largest absolute Gasteiger partial charge is 0.361 e. The van der Waals surface area contributed by atoms with Crippen LogP contribution in [0.3, 0.4) is 0 Å². The Morgan fingerprint density at radius 1 is 1.13 bits per heavy atom. The van der Waals surface area contributed by atoms with Gasteiger partial charge < -0.3 is 15.2 Å². The number of H-pyrrole nitrogens is 1. The van der Waals surface area contributed by atoms with Crippen LogP contribution in [0, 0.1) is 5.92 Å². The molecule has 1 aliphatic rings. The smallest absolute Gasteiger partial charge is 0.225 e. The zero-order chi connectivity index (χ0) is 20.9. The molecule has 2 amide bonds. The number of nitrogens with one attached hydrogen (secondary N) is 2. The number of nitrogens with zero attached hydrogens (tertiary/aromatic N) is 1. The fourth-order valence-electron chi connectivity index (χ4n) is 4.31. The first-order chi connectivity index (χ1) is 14.6. The van der Waals surface area contributed by atoms with E-state index < -0.39 is 0 Å². The van der Waals surface area contributed by atoms with Gasteiger partial charge in [0.2, 0.25) is 11.8 Å². The van der Waals surface area contributed by atoms with Gasteiger partial charge in [-0.25, -0.2) is 0 Å². The van der Waals surface area contributed by atoms with Crippen molar-refractivity contribution in [2.24, 2.45) is 5.92 Å². The summed E-state index contributed by atoms with van der Waals surface area (Å²) < 4.78 is 0. The number of hydrogen-bond acceptors (Lipinski definition) is 2. The molecule has 0 saturated carbocycles. The second-order valence-electron chi connectivity index (χ2n) is 8.18. The lowest BCUT2D eigenvalue weighted by Crippen LogP contribution is -2.45. The van der Waals surface area contributed by atoms with Gasteiger partial charge in [0.15, 0.2) is 0 Å². The average molecular weight is 404 g/mol. The highest BCUT2D eigenvalue weighted by molar-refractivity contribution is 5.85. The molecule has 3 aromatic rings. The third-order valence-corrected chi connectivity index (χ3v) is 6.09. The Morgan fingerprint density at radius 2 is 1.90 bits per heavy atom. The van der Waals surface area contributed by atoms with Crippen molar-refractivity contribution >= 4 is 22.7 Å². The van der Waals surface area contributed by atoms with E-state index in [4.69, 9.17) is 0 Å². The second-order valence-corrected chi connectivity index (χ2v) is 8.18. The Balaban J connectivity index is 1.31. The maximum absolute atomic E-state index is 12.8. The number of para-hydroxylation sites is 1. The highest BCUT2D eigenvalue weighted by Crippen LogP contribution is 2.22. The fraction of sp³-hybridized carbons (Fsp3) is 0.360. The summed E-state index contributed by atoms with van der Waals surface area (Å²) in [6.45, 7) is 3.25. The standard InChI is InChI=1S/C25H29N3O2/c1-18(19-8-3-2-4-9-19)27-25(30)21-10-7-15-28(17-21)24(29)14-13-20-16-26-23-12-6-5-11-22(20)23/h2-6,8-9,11-12,16,18,21,26H,7,10,13-15,17H2,1H3,(H,27,30). The first-order valence-corrected chi connectivity index (χ1v) is 10.8. The predicted octanol–water partition coefficient (Wildman–Crippen LogP) is 4.22. The van der Waals surface area contributed by atoms with Crippen LogP contribution in [-0.4, -0.2) is 34.8 Å². The van der Waals surface area contributed by atoms with Crippen LogP contribution in [0.25, 0.3) is 10.9 Å². The van der Waals surface area contributed by atoms with Crippen LogP contribution in [0.5, 0.6) is 0 Å². The van der Waals surface area contributed by atoms with E-state index in [2.05, 4.69) is 16.4 Å². The Kier molecular flexibility index (Phi) is 6.17. The number of rotatable bonds is 6. The summed E-state index contributed by atoms with van der Waals surface area (Å²) in [6.07, 6.45) is 4.88. The van der Waals surface area contributed by atoms with Gasteiger partial charge in [0.1, 0.15) is 0 Å². The lowest BCUT2D eigenvalue weighted by atomic mass is 9.95. The van der Waals surface area contributed by atoms with Crippen LogP contribution in [0.2, 0.25) is 0 Å². The van der Waals surface area contributed by atoms with E-state index in [-0.39, 0.29) is 23.8 Å². The van der Waals surface area contributed by atoms with Crippen molar-refractivity contribution in [1.29, 1.82) is 0 Å². The average Bonchev–Trinajstić information content (AvgIpc) is 3.21. The number of aromatic nitrogens is 1. The highest BCUT2D eigenvalue weighted by atomic mass is 16.2. The van der Waals surface area contributed by atoms with Crippen LogP contribution in [-0.2, 0) is 16.0 Å². The number of carbonyl (C=O) groups is 2. The number of piperidine rings is 1. The number of amides is 2. The minimum atomic E-state index is -0.137. The maximum Gasteiger partial charge on any atom is 0.225 e. The van der Waals surface area contributed by atoms with Crippen LogP contribution >= 0.6 is 0 Å². The SMILES string of the molecule is CC(NC(=O)C1CCCN(C(=O)CCc2c[nH]c3ccccc23)C1)c1ccccc1. The van der Waals surface area contributed by atoms with Crippen molar-refractivity contribution in [1.82, 2.24) is 15.2 Å². The van der Waals surface area contributed by atoms with Crippen LogP contribution in [0.15, 0.2) is 60.8 Å². The molecule has 1 saturated heterocycles. The number of likely N-dealkylation sites (tertiary alicyclic amines) is 1. The Hall–Kier alpha value is -3.08. The molecule has 2 atom stereocenters. The molecule has 1 aliphatic heterocycles. The van der Waals surface area contributed by atoms with E-state index in [9.17, 15) is 9.59 Å². The summed E-state index contributed by atoms with van der Waals surface area (Å²) in [5, 5.41) is 4.30. The monoisotopic (exact) mass is 403 g/mol. The number of fused-ring (bicyclic) bond motifs is 1. The van der Waals surface area contributed by atoms with E-state index in [0.717, 1.165) is 30.5 Å². The van der Waals surface area contributed by atoms with Crippen molar-refractivity contribution in [3.05, 3.63) is 71.9 Å². The first kappa shape index (κ1) is 20.2. The van der Waals surface area contributed by atoms with Crippen LogP contribution in [0.4, 0.5) is 0 Å². The molecule has 4 rings (SSSR count). The number of benzene rings is 2. The van der Waals surface area contributed by atoms with E-state index in [1.54, 1.807) is 0 Å². The van der Waals surface area contributed by atoms with Gasteiger partial charge in [-0.15, -0.1) is 0 Å². The fourth-order valence-corrected chi connectivity index (χ4v) is 4.31. The molecule has 30 heavy (non-hydrogen) atoms. The summed E-state index contributed by atoms with van der Waals surface area (Å²) in [6, 6.07) is 18.1. The Bertz CT molecular complexity index is 1010. The van der Waals surface area contributed by atoms with E-state index in [1.165, 1.54) is 10.9 Å². The third kappa shape index (κ3) is 4.56. The van der Waals surface area contributed by atoms with Crippen molar-refractivity contribution < 1.29 is 9.59 Å². The summed E-state index contributed by atoms with van der Waals surface area (Å²) in [4.78, 5) is 30.8. The van der Waals surface area contributed by atoms with Crippen LogP contribution < -0.4 is 5.32 Å². The van der Waals surface area contributed by atoms with Crippen molar-refractivity contribution in [2.45, 2.75) is 38.6 Å². The van der Waals surface area contributed by atoms with Gasteiger partial charge in [0.25, 0.3) is 0 Å². The third-order valence-electron chi connectivity index (χ3n) is 6.09. The molecule has 0 aliphatic carbocycles. The molecule has 2 aromatic carbocycles. The van der Waals surface area contributed by atoms with Gasteiger partial charge in [0, 0.05) is 36.6 Å². The van der Waals surface area contributed by atoms with Crippen LogP contribution in [0.1, 0.15) is 43.4 Å². The number of hydrogen-bond donors (Lipinski definition) is 2. The molecule has 5 nitrogen and oxygen atoms in total. The Morgan fingerprint density at radius 3 is 2.73 bits per heavy atom. The zero-order valence-electron chi connectivity index (χ0n) is 17.4. The lowest BCUT2D eigenvalue weighted by Gasteiger charge is -2.32. The van der Waals surface area contributed by atoms with Crippen molar-refractivity contribution in [3.63, 3.8) is 0 Å². The van der Waals surface area contributed by atoms with Gasteiger partial charge >= 0.3 is 0 Å². The molecule has 0 spiro atoms. The topological polar surface area (TPSA) is 65.2 Å². The molecule has 5 heteroatoms. The molecule has 0 bridgehead atoms. The molecule has 1 fully saturated rings. The second kappa shape index (κ2) is 9.16. The quantitative estimate of drug-likeness (QED) is 0.647. The van der Waals surface area contributed by atoms with Gasteiger partial charge in [0.05, 0.1) is 12.0 Å². The summed E-state index contributed by atoms with van der Waals surface area (Å²) in [5.74, 6) is 0.0383. The van der Waals surface area contributed by atoms with Crippen molar-refractivity contribution in [2.75, 3.05) is 13.1 Å². The van der Waals surface area contributed by atoms with E-state index >= 15 is 0 Å². The van der Waals surface area contributed by atoms with Gasteiger partial charge in [-0.2, -0.15) is 0 Å². The summed E-state index contributed by atoms with van der Waals surface area (Å²) in [7, 11) is 0. The highest BCUT2D eigenvalue weighted by Gasteiger charge is 2.29. The minimum Gasteiger partial charge on any atom is -0.361 e. The number of aryl methyl sites for hydroxylation is 1. The minimum absolute atomic E-state index is 0.0355. The van der Waals surface area contributed by atoms with E-state index in [1.807, 2.05) is 66.6 Å². The van der Waals surface area contributed by atoms with Crippen molar-refractivity contribution in [3.8, 4) is 0 Å². The normalized spacial score (nSPS) is 17.6. The molecule has 1 aromatic heterocycles. The Labute approximate surface area is 177 Å². The molecule has 0 radical (unpaired) electrons. The zero-order valence-corrected chi connectivity index (χ0v) is 17.4. The van der Waals surface area contributed by atoms with Gasteiger partial charge in [-0.1, -0.05) is 48.5 Å². The molecule has 2 heterocycles. The lowest BCUT2D eigenvalue weighted by molar-refractivity contribution is -0.135.